The van der Waals surface area contributed by atoms with Crippen molar-refractivity contribution in [1.29, 1.82) is 0 Å². The highest BCUT2D eigenvalue weighted by Crippen LogP contribution is 2.20. The van der Waals surface area contributed by atoms with E-state index >= 15 is 0 Å². The molecular formula is C12H9FINO3. The molecule has 2 aromatic rings. The molecule has 0 bridgehead atoms. The summed E-state index contributed by atoms with van der Waals surface area (Å²) in [4.78, 5) is 10.8. The Bertz CT molecular complexity index is 582. The van der Waals surface area contributed by atoms with Gasteiger partial charge in [-0.15, -0.1) is 0 Å². The summed E-state index contributed by atoms with van der Waals surface area (Å²) in [6.07, 6.45) is 1.33. The quantitative estimate of drug-likeness (QED) is 0.821. The van der Waals surface area contributed by atoms with Crippen LogP contribution in [0.1, 0.15) is 16.1 Å². The van der Waals surface area contributed by atoms with Crippen LogP contribution in [0.2, 0.25) is 0 Å². The van der Waals surface area contributed by atoms with Gasteiger partial charge in [-0.25, -0.2) is 9.18 Å². The molecule has 0 fully saturated rings. The molecule has 1 aromatic heterocycles. The van der Waals surface area contributed by atoms with E-state index in [0.29, 0.717) is 12.1 Å². The van der Waals surface area contributed by atoms with Gasteiger partial charge in [-0.05, 0) is 46.9 Å². The SMILES string of the molecule is O=C(O)c1occc1CNc1ccc(F)cc1I. The van der Waals surface area contributed by atoms with Crippen LogP contribution in [0.5, 0.6) is 0 Å². The molecule has 1 aromatic carbocycles. The standard InChI is InChI=1S/C12H9FINO3/c13-8-1-2-10(9(14)5-8)15-6-7-3-4-18-11(7)12(16)17/h1-5,15H,6H2,(H,16,17). The van der Waals surface area contributed by atoms with Crippen molar-refractivity contribution in [3.63, 3.8) is 0 Å². The van der Waals surface area contributed by atoms with Crippen molar-refractivity contribution >= 4 is 34.2 Å². The van der Waals surface area contributed by atoms with Crippen molar-refractivity contribution in [2.24, 2.45) is 0 Å². The third-order valence-corrected chi connectivity index (χ3v) is 3.23. The number of carbonyl (C=O) groups is 1. The lowest BCUT2D eigenvalue weighted by Gasteiger charge is -2.07. The number of nitrogens with one attached hydrogen (secondary N) is 1. The second kappa shape index (κ2) is 5.38. The molecule has 0 amide bonds. The smallest absolute Gasteiger partial charge is 0.372 e. The number of furan rings is 1. The van der Waals surface area contributed by atoms with E-state index in [1.807, 2.05) is 22.6 Å². The van der Waals surface area contributed by atoms with E-state index in [1.54, 1.807) is 12.1 Å². The Labute approximate surface area is 116 Å². The first-order chi connectivity index (χ1) is 8.58. The van der Waals surface area contributed by atoms with E-state index in [1.165, 1.54) is 18.4 Å². The molecule has 2 N–H and O–H groups in total. The molecule has 0 aliphatic carbocycles. The zero-order chi connectivity index (χ0) is 13.1. The third-order valence-electron chi connectivity index (χ3n) is 2.34. The minimum atomic E-state index is -1.11. The summed E-state index contributed by atoms with van der Waals surface area (Å²) in [5, 5.41) is 11.9. The van der Waals surface area contributed by atoms with Crippen LogP contribution < -0.4 is 5.32 Å². The Hall–Kier alpha value is -1.57. The lowest BCUT2D eigenvalue weighted by atomic mass is 10.2. The molecule has 0 aliphatic heterocycles. The van der Waals surface area contributed by atoms with Gasteiger partial charge in [-0.2, -0.15) is 0 Å². The van der Waals surface area contributed by atoms with E-state index in [9.17, 15) is 9.18 Å². The number of carboxylic acids is 1. The Morgan fingerprint density at radius 1 is 1.44 bits per heavy atom. The van der Waals surface area contributed by atoms with Gasteiger partial charge in [0.2, 0.25) is 5.76 Å². The fourth-order valence-electron chi connectivity index (χ4n) is 1.49. The highest BCUT2D eigenvalue weighted by molar-refractivity contribution is 14.1. The second-order valence-corrected chi connectivity index (χ2v) is 4.72. The van der Waals surface area contributed by atoms with Gasteiger partial charge in [-0.3, -0.25) is 0 Å². The molecule has 0 unspecified atom stereocenters. The highest BCUT2D eigenvalue weighted by atomic mass is 127. The fraction of sp³-hybridized carbons (Fsp3) is 0.0833. The summed E-state index contributed by atoms with van der Waals surface area (Å²) in [6.45, 7) is 0.305. The maximum atomic E-state index is 12.9. The fourth-order valence-corrected chi connectivity index (χ4v) is 2.15. The molecule has 18 heavy (non-hydrogen) atoms. The average Bonchev–Trinajstić information content (AvgIpc) is 2.76. The zero-order valence-electron chi connectivity index (χ0n) is 9.11. The topological polar surface area (TPSA) is 62.5 Å². The van der Waals surface area contributed by atoms with Gasteiger partial charge in [0.05, 0.1) is 6.26 Å². The molecule has 94 valence electrons. The maximum Gasteiger partial charge on any atom is 0.372 e. The second-order valence-electron chi connectivity index (χ2n) is 3.56. The number of hydrogen-bond donors (Lipinski definition) is 2. The lowest BCUT2D eigenvalue weighted by Crippen LogP contribution is -2.05. The van der Waals surface area contributed by atoms with Gasteiger partial charge in [0.1, 0.15) is 5.82 Å². The molecule has 0 atom stereocenters. The monoisotopic (exact) mass is 361 g/mol. The molecule has 0 aliphatic rings. The van der Waals surface area contributed by atoms with Crippen LogP contribution in [0.4, 0.5) is 10.1 Å². The summed E-state index contributed by atoms with van der Waals surface area (Å²) in [7, 11) is 0. The lowest BCUT2D eigenvalue weighted by molar-refractivity contribution is 0.0661. The van der Waals surface area contributed by atoms with Gasteiger partial charge in [0, 0.05) is 21.4 Å². The Morgan fingerprint density at radius 2 is 2.22 bits per heavy atom. The first kappa shape index (κ1) is 12.9. The minimum Gasteiger partial charge on any atom is -0.475 e. The van der Waals surface area contributed by atoms with E-state index in [4.69, 9.17) is 9.52 Å². The Balaban J connectivity index is 2.11. The van der Waals surface area contributed by atoms with Crippen LogP contribution >= 0.6 is 22.6 Å². The molecule has 2 rings (SSSR count). The molecule has 0 saturated heterocycles. The van der Waals surface area contributed by atoms with E-state index in [2.05, 4.69) is 5.32 Å². The predicted molar refractivity (Wildman–Crippen MR) is 72.1 cm³/mol. The zero-order valence-corrected chi connectivity index (χ0v) is 11.3. The summed E-state index contributed by atoms with van der Waals surface area (Å²) in [5.41, 5.74) is 1.29. The van der Waals surface area contributed by atoms with Gasteiger partial charge >= 0.3 is 5.97 Å². The van der Waals surface area contributed by atoms with Gasteiger partial charge < -0.3 is 14.8 Å². The number of rotatable bonds is 4. The average molecular weight is 361 g/mol. The van der Waals surface area contributed by atoms with Crippen molar-refractivity contribution < 1.29 is 18.7 Å². The Morgan fingerprint density at radius 3 is 2.89 bits per heavy atom. The van der Waals surface area contributed by atoms with Crippen molar-refractivity contribution in [3.8, 4) is 0 Å². The molecule has 1 heterocycles. The van der Waals surface area contributed by atoms with Crippen LogP contribution in [0.15, 0.2) is 34.9 Å². The van der Waals surface area contributed by atoms with Gasteiger partial charge in [0.15, 0.2) is 0 Å². The van der Waals surface area contributed by atoms with Crippen LogP contribution in [0, 0.1) is 9.39 Å². The number of benzene rings is 1. The molecule has 0 radical (unpaired) electrons. The molecule has 0 spiro atoms. The van der Waals surface area contributed by atoms with Crippen LogP contribution in [0.25, 0.3) is 0 Å². The largest absolute Gasteiger partial charge is 0.475 e. The minimum absolute atomic E-state index is 0.0837. The van der Waals surface area contributed by atoms with Gasteiger partial charge in [-0.1, -0.05) is 0 Å². The van der Waals surface area contributed by atoms with Crippen LogP contribution in [-0.4, -0.2) is 11.1 Å². The maximum absolute atomic E-state index is 12.9. The van der Waals surface area contributed by atoms with Crippen molar-refractivity contribution in [1.82, 2.24) is 0 Å². The summed E-state index contributed by atoms with van der Waals surface area (Å²) in [5.74, 6) is -1.50. The molecule has 0 saturated carbocycles. The van der Waals surface area contributed by atoms with Crippen LogP contribution in [0.3, 0.4) is 0 Å². The predicted octanol–water partition coefficient (Wildman–Crippen LogP) is 3.33. The Kier molecular flexibility index (Phi) is 3.85. The number of aromatic carboxylic acids is 1. The first-order valence-corrected chi connectivity index (χ1v) is 6.14. The van der Waals surface area contributed by atoms with E-state index in [-0.39, 0.29) is 11.6 Å². The van der Waals surface area contributed by atoms with Gasteiger partial charge in [0.25, 0.3) is 0 Å². The summed E-state index contributed by atoms with van der Waals surface area (Å²) in [6, 6.07) is 5.94. The molecule has 6 heteroatoms. The number of anilines is 1. The van der Waals surface area contributed by atoms with Crippen molar-refractivity contribution in [3.05, 3.63) is 51.2 Å². The summed E-state index contributed by atoms with van der Waals surface area (Å²) >= 11 is 2.01. The van der Waals surface area contributed by atoms with Crippen LogP contribution in [-0.2, 0) is 6.54 Å². The third kappa shape index (κ3) is 2.81. The number of halogens is 2. The molecule has 4 nitrogen and oxygen atoms in total. The normalized spacial score (nSPS) is 10.3. The summed E-state index contributed by atoms with van der Waals surface area (Å²) < 4.78 is 18.5. The number of hydrogen-bond acceptors (Lipinski definition) is 3. The van der Waals surface area contributed by atoms with E-state index in [0.717, 1.165) is 9.26 Å². The first-order valence-electron chi connectivity index (χ1n) is 5.06. The number of carboxylic acid groups (broad SMARTS) is 1. The van der Waals surface area contributed by atoms with Crippen molar-refractivity contribution in [2.45, 2.75) is 6.54 Å². The highest BCUT2D eigenvalue weighted by Gasteiger charge is 2.13. The molecular weight excluding hydrogens is 352 g/mol. The van der Waals surface area contributed by atoms with E-state index < -0.39 is 5.97 Å². The van der Waals surface area contributed by atoms with Crippen molar-refractivity contribution in [2.75, 3.05) is 5.32 Å².